The van der Waals surface area contributed by atoms with Gasteiger partial charge in [0.05, 0.1) is 29.3 Å². The number of anilines is 1. The second-order valence-electron chi connectivity index (χ2n) is 6.05. The lowest BCUT2D eigenvalue weighted by atomic mass is 9.98. The number of carbonyl (C=O) groups is 2. The Morgan fingerprint density at radius 2 is 1.92 bits per heavy atom. The monoisotopic (exact) mass is 358 g/mol. The van der Waals surface area contributed by atoms with Gasteiger partial charge in [0.2, 0.25) is 0 Å². The van der Waals surface area contributed by atoms with Gasteiger partial charge in [0.1, 0.15) is 5.70 Å². The Hall–Kier alpha value is -3.01. The van der Waals surface area contributed by atoms with E-state index < -0.39 is 5.91 Å². The number of carbonyl (C=O) groups excluding carboxylic acids is 2. The molecule has 0 saturated carbocycles. The average Bonchev–Trinajstić information content (AvgIpc) is 2.60. The number of phenols is 1. The predicted molar refractivity (Wildman–Crippen MR) is 101 cm³/mol. The van der Waals surface area contributed by atoms with Crippen molar-refractivity contribution < 1.29 is 14.7 Å². The number of amides is 1. The van der Waals surface area contributed by atoms with Gasteiger partial charge in [-0.1, -0.05) is 20.3 Å². The molecule has 2 rings (SSSR count). The van der Waals surface area contributed by atoms with E-state index in [1.54, 1.807) is 14.1 Å². The van der Waals surface area contributed by atoms with Crippen molar-refractivity contribution in [1.82, 2.24) is 10.2 Å². The van der Waals surface area contributed by atoms with Crippen LogP contribution in [0.1, 0.15) is 49.5 Å². The molecule has 7 heteroatoms. The predicted octanol–water partition coefficient (Wildman–Crippen LogP) is 2.59. The van der Waals surface area contributed by atoms with Crippen molar-refractivity contribution in [2.75, 3.05) is 26.0 Å². The number of nitrogens with zero attached hydrogens (tertiary/aromatic N) is 2. The molecule has 7 nitrogen and oxygen atoms in total. The molecule has 0 aliphatic heterocycles. The minimum absolute atomic E-state index is 0.00826. The molecule has 0 unspecified atom stereocenters. The highest BCUT2D eigenvalue weighted by atomic mass is 16.3. The van der Waals surface area contributed by atoms with Crippen LogP contribution in [0.15, 0.2) is 23.5 Å². The van der Waals surface area contributed by atoms with Crippen LogP contribution in [0.4, 0.5) is 5.69 Å². The molecule has 1 aromatic carbocycles. The number of phenolic OH excluding ortho intramolecular Hbond substituents is 1. The van der Waals surface area contributed by atoms with E-state index >= 15 is 0 Å². The van der Waals surface area contributed by atoms with Crippen molar-refractivity contribution in [3.63, 3.8) is 0 Å². The van der Waals surface area contributed by atoms with Crippen molar-refractivity contribution >= 4 is 17.4 Å². The maximum absolute atomic E-state index is 12.1. The summed E-state index contributed by atoms with van der Waals surface area (Å²) in [4.78, 5) is 25.2. The third-order valence-corrected chi connectivity index (χ3v) is 3.44. The lowest BCUT2D eigenvalue weighted by Gasteiger charge is -2.25. The molecule has 140 valence electrons. The first kappa shape index (κ1) is 21.0. The molecule has 3 N–H and O–H groups in total. The average molecular weight is 358 g/mol. The van der Waals surface area contributed by atoms with E-state index in [1.165, 1.54) is 23.5 Å². The highest BCUT2D eigenvalue weighted by Gasteiger charge is 2.28. The summed E-state index contributed by atoms with van der Waals surface area (Å²) in [7, 11) is 3.10. The first-order valence-electron chi connectivity index (χ1n) is 8.56. The molecule has 1 aliphatic rings. The topological polar surface area (TPSA) is 105 Å². The molecule has 26 heavy (non-hydrogen) atoms. The molecular formula is C19H26N4O3. The second kappa shape index (κ2) is 9.47. The van der Waals surface area contributed by atoms with Crippen LogP contribution in [0.25, 0.3) is 0 Å². The molecular weight excluding hydrogens is 332 g/mol. The number of allylic oxidation sites excluding steroid dienone is 2. The number of aromatic hydroxyl groups is 1. The first-order valence-corrected chi connectivity index (χ1v) is 8.56. The van der Waals surface area contributed by atoms with Crippen LogP contribution in [0.5, 0.6) is 5.75 Å². The fraction of sp³-hybridized carbons (Fsp3) is 0.421. The Bertz CT molecular complexity index is 761. The van der Waals surface area contributed by atoms with E-state index in [4.69, 9.17) is 5.26 Å². The summed E-state index contributed by atoms with van der Waals surface area (Å²) >= 11 is 0. The summed E-state index contributed by atoms with van der Waals surface area (Å²) in [6, 6.07) is 4.68. The van der Waals surface area contributed by atoms with Gasteiger partial charge in [0.25, 0.3) is 5.91 Å². The van der Waals surface area contributed by atoms with Crippen LogP contribution < -0.4 is 10.6 Å². The standard InChI is InChI=1S/C16H18N4O3.C3H8/c1-4-18-11-7-13(21)14(11)19-12-6-9(8-17)5-10(15(12)22)16(23)20(2)3;1-3-2/h5-6,18-19,22H,4,7H2,1-3H3;3H2,1-2H3. The Balaban J connectivity index is 0.00000105. The molecule has 1 aliphatic carbocycles. The number of Topliss-reactive ketones (excluding diaryl/α,β-unsaturated/α-hetero) is 1. The lowest BCUT2D eigenvalue weighted by Crippen LogP contribution is -2.32. The number of nitriles is 1. The zero-order valence-corrected chi connectivity index (χ0v) is 15.9. The van der Waals surface area contributed by atoms with E-state index in [1.807, 2.05) is 13.0 Å². The second-order valence-corrected chi connectivity index (χ2v) is 6.05. The maximum atomic E-state index is 12.1. The molecule has 0 fully saturated rings. The van der Waals surface area contributed by atoms with Crippen LogP contribution in [-0.4, -0.2) is 42.3 Å². The number of hydrogen-bond acceptors (Lipinski definition) is 6. The van der Waals surface area contributed by atoms with E-state index in [2.05, 4.69) is 24.5 Å². The molecule has 0 aromatic heterocycles. The van der Waals surface area contributed by atoms with E-state index in [0.29, 0.717) is 18.7 Å². The van der Waals surface area contributed by atoms with Gasteiger partial charge in [-0.05, 0) is 19.1 Å². The number of hydrogen-bond donors (Lipinski definition) is 3. The van der Waals surface area contributed by atoms with Gasteiger partial charge in [-0.15, -0.1) is 0 Å². The molecule has 1 aromatic rings. The highest BCUT2D eigenvalue weighted by Crippen LogP contribution is 2.33. The van der Waals surface area contributed by atoms with Crippen LogP contribution in [0.2, 0.25) is 0 Å². The zero-order chi connectivity index (χ0) is 19.9. The van der Waals surface area contributed by atoms with E-state index in [0.717, 1.165) is 5.70 Å². The van der Waals surface area contributed by atoms with Crippen molar-refractivity contribution in [2.45, 2.75) is 33.6 Å². The van der Waals surface area contributed by atoms with Crippen molar-refractivity contribution in [1.29, 1.82) is 5.26 Å². The minimum atomic E-state index is -0.427. The molecule has 1 amide bonds. The number of benzene rings is 1. The van der Waals surface area contributed by atoms with E-state index in [9.17, 15) is 14.7 Å². The summed E-state index contributed by atoms with van der Waals surface area (Å²) in [5, 5.41) is 25.3. The van der Waals surface area contributed by atoms with Crippen LogP contribution in [-0.2, 0) is 4.79 Å². The van der Waals surface area contributed by atoms with Gasteiger partial charge >= 0.3 is 0 Å². The Morgan fingerprint density at radius 3 is 2.38 bits per heavy atom. The lowest BCUT2D eigenvalue weighted by molar-refractivity contribution is -0.116. The summed E-state index contributed by atoms with van der Waals surface area (Å²) in [6.07, 6.45) is 1.55. The summed E-state index contributed by atoms with van der Waals surface area (Å²) in [6.45, 7) is 6.83. The third-order valence-electron chi connectivity index (χ3n) is 3.44. The summed E-state index contributed by atoms with van der Waals surface area (Å²) < 4.78 is 0. The summed E-state index contributed by atoms with van der Waals surface area (Å²) in [5.74, 6) is -0.808. The van der Waals surface area contributed by atoms with Gasteiger partial charge in [0.15, 0.2) is 11.5 Å². The molecule has 0 heterocycles. The molecule has 0 atom stereocenters. The van der Waals surface area contributed by atoms with Crippen LogP contribution in [0, 0.1) is 11.3 Å². The highest BCUT2D eigenvalue weighted by molar-refractivity contribution is 6.07. The SMILES string of the molecule is CCC.CCNC1=C(Nc2cc(C#N)cc(C(=O)N(C)C)c2O)C(=O)C1. The number of nitrogens with one attached hydrogen (secondary N) is 2. The maximum Gasteiger partial charge on any atom is 0.257 e. The molecule has 0 bridgehead atoms. The minimum Gasteiger partial charge on any atom is -0.505 e. The first-order chi connectivity index (χ1) is 12.3. The smallest absolute Gasteiger partial charge is 0.257 e. The fourth-order valence-corrected chi connectivity index (χ4v) is 2.24. The molecule has 0 radical (unpaired) electrons. The number of rotatable bonds is 5. The van der Waals surface area contributed by atoms with Crippen molar-refractivity contribution in [2.24, 2.45) is 0 Å². The van der Waals surface area contributed by atoms with Crippen LogP contribution >= 0.6 is 0 Å². The van der Waals surface area contributed by atoms with Gasteiger partial charge in [0, 0.05) is 26.3 Å². The van der Waals surface area contributed by atoms with Crippen molar-refractivity contribution in [3.05, 3.63) is 34.7 Å². The Morgan fingerprint density at radius 1 is 1.31 bits per heavy atom. The van der Waals surface area contributed by atoms with Crippen molar-refractivity contribution in [3.8, 4) is 11.8 Å². The normalized spacial score (nSPS) is 12.4. The zero-order valence-electron chi connectivity index (χ0n) is 15.9. The van der Waals surface area contributed by atoms with Gasteiger partial charge in [-0.3, -0.25) is 9.59 Å². The van der Waals surface area contributed by atoms with Gasteiger partial charge in [-0.25, -0.2) is 0 Å². The largest absolute Gasteiger partial charge is 0.505 e. The Labute approximate surface area is 154 Å². The van der Waals surface area contributed by atoms with Crippen LogP contribution in [0.3, 0.4) is 0 Å². The third kappa shape index (κ3) is 4.76. The van der Waals surface area contributed by atoms with Gasteiger partial charge < -0.3 is 20.6 Å². The molecule has 0 saturated heterocycles. The quantitative estimate of drug-likeness (QED) is 0.699. The van der Waals surface area contributed by atoms with E-state index in [-0.39, 0.29) is 28.3 Å². The number of ketones is 1. The van der Waals surface area contributed by atoms with Gasteiger partial charge in [-0.2, -0.15) is 5.26 Å². The summed E-state index contributed by atoms with van der Waals surface area (Å²) in [5.41, 5.74) is 1.48. The Kier molecular flexibility index (Phi) is 7.66. The molecule has 0 spiro atoms. The fourth-order valence-electron chi connectivity index (χ4n) is 2.24.